The molecule has 0 atom stereocenters. The molecule has 0 saturated carbocycles. The molecule has 25 heavy (non-hydrogen) atoms. The van der Waals surface area contributed by atoms with Crippen molar-refractivity contribution in [2.45, 2.75) is 26.8 Å². The summed E-state index contributed by atoms with van der Waals surface area (Å²) < 4.78 is 6.62. The van der Waals surface area contributed by atoms with Crippen LogP contribution in [0, 0.1) is 6.92 Å². The molecule has 0 aliphatic carbocycles. The summed E-state index contributed by atoms with van der Waals surface area (Å²) in [4.78, 5) is 31.4. The molecule has 6 nitrogen and oxygen atoms in total. The number of nitrogens with one attached hydrogen (secondary N) is 1. The minimum Gasteiger partial charge on any atom is -0.495 e. The van der Waals surface area contributed by atoms with Gasteiger partial charge in [0.2, 0.25) is 5.91 Å². The molecule has 0 saturated heterocycles. The highest BCUT2D eigenvalue weighted by Crippen LogP contribution is 2.24. The molecule has 0 aliphatic rings. The number of carbonyl (C=O) groups excluding carboxylic acids is 1. The average Bonchev–Trinajstić information content (AvgIpc) is 3.02. The van der Waals surface area contributed by atoms with Gasteiger partial charge in [0.25, 0.3) is 5.56 Å². The van der Waals surface area contributed by atoms with Gasteiger partial charge < -0.3 is 10.1 Å². The normalized spacial score (nSPS) is 10.8. The summed E-state index contributed by atoms with van der Waals surface area (Å²) in [5.41, 5.74) is 0.382. The molecular weight excluding hydrogens is 338 g/mol. The van der Waals surface area contributed by atoms with E-state index in [-0.39, 0.29) is 18.0 Å². The monoisotopic (exact) mass is 357 g/mol. The summed E-state index contributed by atoms with van der Waals surface area (Å²) in [7, 11) is 1.54. The number of para-hydroxylation sites is 2. The van der Waals surface area contributed by atoms with Gasteiger partial charge in [-0.3, -0.25) is 14.2 Å². The molecule has 3 aromatic rings. The lowest BCUT2D eigenvalue weighted by molar-refractivity contribution is -0.116. The number of hydrogen-bond acceptors (Lipinski definition) is 5. The Hall–Kier alpha value is -2.67. The van der Waals surface area contributed by atoms with Gasteiger partial charge in [0.1, 0.15) is 22.9 Å². The molecule has 0 spiro atoms. The Bertz CT molecular complexity index is 991. The van der Waals surface area contributed by atoms with Crippen LogP contribution in [0.1, 0.15) is 17.6 Å². The molecule has 1 amide bonds. The van der Waals surface area contributed by atoms with Gasteiger partial charge in [-0.25, -0.2) is 4.98 Å². The Balaban J connectivity index is 1.89. The lowest BCUT2D eigenvalue weighted by atomic mass is 10.3. The molecule has 130 valence electrons. The highest BCUT2D eigenvalue weighted by atomic mass is 32.1. The summed E-state index contributed by atoms with van der Waals surface area (Å²) in [6, 6.07) is 9.01. The number of aryl methyl sites for hydroxylation is 2. The maximum Gasteiger partial charge on any atom is 0.262 e. The van der Waals surface area contributed by atoms with Crippen LogP contribution in [0.3, 0.4) is 0 Å². The predicted molar refractivity (Wildman–Crippen MR) is 99.6 cm³/mol. The number of nitrogens with zero attached hydrogens (tertiary/aromatic N) is 2. The zero-order valence-corrected chi connectivity index (χ0v) is 15.1. The fraction of sp³-hybridized carbons (Fsp3) is 0.278. The van der Waals surface area contributed by atoms with Crippen molar-refractivity contribution in [3.63, 3.8) is 0 Å². The molecule has 0 unspecified atom stereocenters. The lowest BCUT2D eigenvalue weighted by Gasteiger charge is -2.12. The quantitative estimate of drug-likeness (QED) is 0.762. The van der Waals surface area contributed by atoms with Crippen LogP contribution in [0.25, 0.3) is 10.2 Å². The number of carbonyl (C=O) groups is 1. The molecular formula is C18H19N3O3S. The Morgan fingerprint density at radius 3 is 2.84 bits per heavy atom. The van der Waals surface area contributed by atoms with Crippen LogP contribution in [0.4, 0.5) is 5.69 Å². The molecule has 3 rings (SSSR count). The number of methoxy groups -OCH3 is 1. The van der Waals surface area contributed by atoms with Crippen molar-refractivity contribution in [2.24, 2.45) is 0 Å². The van der Waals surface area contributed by atoms with E-state index in [1.807, 2.05) is 19.1 Å². The van der Waals surface area contributed by atoms with Crippen molar-refractivity contribution >= 4 is 33.1 Å². The first-order valence-electron chi connectivity index (χ1n) is 7.96. The van der Waals surface area contributed by atoms with Crippen LogP contribution >= 0.6 is 11.3 Å². The average molecular weight is 357 g/mol. The SMILES string of the molecule is CCc1cc2c(=O)n(CC(=O)Nc3ccccc3OC)c(C)nc2s1. The summed E-state index contributed by atoms with van der Waals surface area (Å²) in [5, 5.41) is 3.35. The first-order valence-corrected chi connectivity index (χ1v) is 8.77. The Labute approximate surface area is 149 Å². The first-order chi connectivity index (χ1) is 12.0. The zero-order chi connectivity index (χ0) is 18.0. The van der Waals surface area contributed by atoms with Crippen LogP contribution in [0.15, 0.2) is 35.1 Å². The van der Waals surface area contributed by atoms with Gasteiger partial charge in [-0.1, -0.05) is 19.1 Å². The molecule has 7 heteroatoms. The van der Waals surface area contributed by atoms with E-state index in [4.69, 9.17) is 4.74 Å². The van der Waals surface area contributed by atoms with Gasteiger partial charge >= 0.3 is 0 Å². The van der Waals surface area contributed by atoms with Gasteiger partial charge in [0, 0.05) is 4.88 Å². The largest absolute Gasteiger partial charge is 0.495 e. The second-order valence-corrected chi connectivity index (χ2v) is 6.70. The number of anilines is 1. The Kier molecular flexibility index (Phi) is 4.85. The third-order valence-electron chi connectivity index (χ3n) is 3.92. The number of amides is 1. The number of rotatable bonds is 5. The van der Waals surface area contributed by atoms with Crippen molar-refractivity contribution in [2.75, 3.05) is 12.4 Å². The molecule has 1 N–H and O–H groups in total. The molecule has 0 fully saturated rings. The van der Waals surface area contributed by atoms with Gasteiger partial charge in [-0.2, -0.15) is 0 Å². The predicted octanol–water partition coefficient (Wildman–Crippen LogP) is 2.98. The number of hydrogen-bond donors (Lipinski definition) is 1. The van der Waals surface area contributed by atoms with Crippen LogP contribution < -0.4 is 15.6 Å². The van der Waals surface area contributed by atoms with Crippen LogP contribution in [0.5, 0.6) is 5.75 Å². The maximum atomic E-state index is 12.7. The number of fused-ring (bicyclic) bond motifs is 1. The van der Waals surface area contributed by atoms with E-state index in [0.717, 1.165) is 16.1 Å². The van der Waals surface area contributed by atoms with E-state index in [0.29, 0.717) is 22.6 Å². The van der Waals surface area contributed by atoms with Crippen molar-refractivity contribution in [1.82, 2.24) is 9.55 Å². The molecule has 1 aromatic carbocycles. The van der Waals surface area contributed by atoms with Crippen LogP contribution in [-0.4, -0.2) is 22.6 Å². The second-order valence-electron chi connectivity index (χ2n) is 5.58. The van der Waals surface area contributed by atoms with E-state index in [9.17, 15) is 9.59 Å². The third kappa shape index (κ3) is 3.41. The second kappa shape index (κ2) is 7.06. The Morgan fingerprint density at radius 1 is 1.36 bits per heavy atom. The third-order valence-corrected chi connectivity index (χ3v) is 5.10. The van der Waals surface area contributed by atoms with Gasteiger partial charge in [-0.15, -0.1) is 11.3 Å². The number of thiophene rings is 1. The van der Waals surface area contributed by atoms with Gasteiger partial charge in [-0.05, 0) is 31.5 Å². The van der Waals surface area contributed by atoms with E-state index in [2.05, 4.69) is 10.3 Å². The van der Waals surface area contributed by atoms with Crippen LogP contribution in [-0.2, 0) is 17.8 Å². The standard InChI is InChI=1S/C18H19N3O3S/c1-4-12-9-13-17(25-12)19-11(2)21(18(13)23)10-16(22)20-14-7-5-6-8-15(14)24-3/h5-9H,4,10H2,1-3H3,(H,20,22). The summed E-state index contributed by atoms with van der Waals surface area (Å²) in [6.07, 6.45) is 0.855. The molecule has 2 aromatic heterocycles. The fourth-order valence-electron chi connectivity index (χ4n) is 2.61. The van der Waals surface area contributed by atoms with Gasteiger partial charge in [0.15, 0.2) is 0 Å². The van der Waals surface area contributed by atoms with E-state index in [1.54, 1.807) is 32.2 Å². The van der Waals surface area contributed by atoms with Gasteiger partial charge in [0.05, 0.1) is 18.2 Å². The number of ether oxygens (including phenoxy) is 1. The number of benzene rings is 1. The zero-order valence-electron chi connectivity index (χ0n) is 14.3. The Morgan fingerprint density at radius 2 is 2.12 bits per heavy atom. The van der Waals surface area contributed by atoms with Crippen molar-refractivity contribution < 1.29 is 9.53 Å². The summed E-state index contributed by atoms with van der Waals surface area (Å²) >= 11 is 1.52. The lowest BCUT2D eigenvalue weighted by Crippen LogP contribution is -2.30. The summed E-state index contributed by atoms with van der Waals surface area (Å²) in [6.45, 7) is 3.68. The smallest absolute Gasteiger partial charge is 0.262 e. The number of aromatic nitrogens is 2. The highest BCUT2D eigenvalue weighted by Gasteiger charge is 2.15. The first kappa shape index (κ1) is 17.2. The minimum atomic E-state index is -0.304. The molecule has 0 bridgehead atoms. The fourth-order valence-corrected chi connectivity index (χ4v) is 3.61. The van der Waals surface area contributed by atoms with Crippen molar-refractivity contribution in [1.29, 1.82) is 0 Å². The van der Waals surface area contributed by atoms with Crippen LogP contribution in [0.2, 0.25) is 0 Å². The van der Waals surface area contributed by atoms with E-state index >= 15 is 0 Å². The van der Waals surface area contributed by atoms with E-state index in [1.165, 1.54) is 15.9 Å². The summed E-state index contributed by atoms with van der Waals surface area (Å²) in [5.74, 6) is 0.790. The minimum absolute atomic E-state index is 0.0943. The molecule has 2 heterocycles. The van der Waals surface area contributed by atoms with E-state index < -0.39 is 0 Å². The molecule has 0 aliphatic heterocycles. The topological polar surface area (TPSA) is 73.2 Å². The van der Waals surface area contributed by atoms with Crippen molar-refractivity contribution in [3.05, 3.63) is 51.4 Å². The maximum absolute atomic E-state index is 12.7. The van der Waals surface area contributed by atoms with Crippen molar-refractivity contribution in [3.8, 4) is 5.75 Å². The molecule has 0 radical (unpaired) electrons. The highest BCUT2D eigenvalue weighted by molar-refractivity contribution is 7.18.